The molecule has 0 atom stereocenters. The van der Waals surface area contributed by atoms with Crippen LogP contribution in [0.25, 0.3) is 0 Å². The van der Waals surface area contributed by atoms with Crippen LogP contribution in [-0.4, -0.2) is 46.0 Å². The summed E-state index contributed by atoms with van der Waals surface area (Å²) in [7, 11) is 0. The third-order valence-corrected chi connectivity index (χ3v) is 4.16. The van der Waals surface area contributed by atoms with Crippen LogP contribution < -0.4 is 0 Å². The SMILES string of the molecule is O=C(O)CN(C(=O)N1CCCc2ccccc2C1)C1CC1. The van der Waals surface area contributed by atoms with Crippen molar-refractivity contribution < 1.29 is 14.7 Å². The van der Waals surface area contributed by atoms with Gasteiger partial charge in [0.2, 0.25) is 0 Å². The lowest BCUT2D eigenvalue weighted by Crippen LogP contribution is -2.46. The van der Waals surface area contributed by atoms with E-state index in [-0.39, 0.29) is 18.6 Å². The molecule has 1 aromatic carbocycles. The van der Waals surface area contributed by atoms with Crippen LogP contribution in [0.4, 0.5) is 4.79 Å². The van der Waals surface area contributed by atoms with Crippen molar-refractivity contribution in [3.8, 4) is 0 Å². The fourth-order valence-electron chi connectivity index (χ4n) is 2.93. The predicted molar refractivity (Wildman–Crippen MR) is 77.9 cm³/mol. The van der Waals surface area contributed by atoms with Crippen molar-refractivity contribution in [3.05, 3.63) is 35.4 Å². The lowest BCUT2D eigenvalue weighted by Gasteiger charge is -2.29. The minimum Gasteiger partial charge on any atom is -0.480 e. The average Bonchev–Trinajstić information content (AvgIpc) is 3.29. The number of benzene rings is 1. The third kappa shape index (κ3) is 3.17. The normalized spacial score (nSPS) is 17.8. The lowest BCUT2D eigenvalue weighted by molar-refractivity contribution is -0.137. The summed E-state index contributed by atoms with van der Waals surface area (Å²) in [6.45, 7) is 1.08. The summed E-state index contributed by atoms with van der Waals surface area (Å²) in [5.41, 5.74) is 2.47. The van der Waals surface area contributed by atoms with E-state index in [1.54, 1.807) is 4.90 Å². The number of hydrogen-bond acceptors (Lipinski definition) is 2. The smallest absolute Gasteiger partial charge is 0.323 e. The zero-order valence-corrected chi connectivity index (χ0v) is 12.0. The van der Waals surface area contributed by atoms with Crippen LogP contribution in [0.2, 0.25) is 0 Å². The van der Waals surface area contributed by atoms with E-state index in [1.165, 1.54) is 16.0 Å². The molecular weight excluding hydrogens is 268 g/mol. The summed E-state index contributed by atoms with van der Waals surface area (Å²) >= 11 is 0. The molecule has 0 bridgehead atoms. The van der Waals surface area contributed by atoms with Gasteiger partial charge < -0.3 is 14.9 Å². The first-order chi connectivity index (χ1) is 10.1. The van der Waals surface area contributed by atoms with E-state index in [2.05, 4.69) is 12.1 Å². The van der Waals surface area contributed by atoms with Crippen molar-refractivity contribution in [1.29, 1.82) is 0 Å². The Morgan fingerprint density at radius 1 is 1.24 bits per heavy atom. The summed E-state index contributed by atoms with van der Waals surface area (Å²) in [5.74, 6) is -0.939. The standard InChI is InChI=1S/C16H20N2O3/c19-15(20)11-18(14-7-8-14)16(21)17-9-3-6-12-4-1-2-5-13(12)10-17/h1-2,4-5,14H,3,6-11H2,(H,19,20). The monoisotopic (exact) mass is 288 g/mol. The summed E-state index contributed by atoms with van der Waals surface area (Å²) in [6.07, 6.45) is 3.74. The van der Waals surface area contributed by atoms with Gasteiger partial charge in [0.25, 0.3) is 0 Å². The van der Waals surface area contributed by atoms with Crippen molar-refractivity contribution in [1.82, 2.24) is 9.80 Å². The molecule has 5 nitrogen and oxygen atoms in total. The molecule has 1 N–H and O–H groups in total. The molecule has 0 saturated heterocycles. The van der Waals surface area contributed by atoms with Crippen LogP contribution >= 0.6 is 0 Å². The maximum absolute atomic E-state index is 12.7. The zero-order chi connectivity index (χ0) is 14.8. The van der Waals surface area contributed by atoms with E-state index >= 15 is 0 Å². The minimum absolute atomic E-state index is 0.118. The van der Waals surface area contributed by atoms with Gasteiger partial charge in [-0.05, 0) is 36.8 Å². The highest BCUT2D eigenvalue weighted by Crippen LogP contribution is 2.28. The summed E-state index contributed by atoms with van der Waals surface area (Å²) in [4.78, 5) is 27.0. The second kappa shape index (κ2) is 5.76. The Balaban J connectivity index is 1.76. The van der Waals surface area contributed by atoms with Gasteiger partial charge in [0.15, 0.2) is 0 Å². The van der Waals surface area contributed by atoms with E-state index in [4.69, 9.17) is 5.11 Å². The summed E-state index contributed by atoms with van der Waals surface area (Å²) < 4.78 is 0. The van der Waals surface area contributed by atoms with Gasteiger partial charge >= 0.3 is 12.0 Å². The summed E-state index contributed by atoms with van der Waals surface area (Å²) in [5, 5.41) is 9.01. The molecule has 1 aromatic rings. The molecule has 2 amide bonds. The number of rotatable bonds is 3. The predicted octanol–water partition coefficient (Wildman–Crippen LogP) is 2.10. The van der Waals surface area contributed by atoms with E-state index < -0.39 is 5.97 Å². The van der Waals surface area contributed by atoms with Crippen LogP contribution in [0, 0.1) is 0 Å². The van der Waals surface area contributed by atoms with Crippen molar-refractivity contribution in [2.45, 2.75) is 38.3 Å². The van der Waals surface area contributed by atoms with Gasteiger partial charge in [-0.15, -0.1) is 0 Å². The van der Waals surface area contributed by atoms with Gasteiger partial charge in [-0.25, -0.2) is 4.79 Å². The molecule has 1 saturated carbocycles. The van der Waals surface area contributed by atoms with Gasteiger partial charge in [-0.2, -0.15) is 0 Å². The fraction of sp³-hybridized carbons (Fsp3) is 0.500. The largest absolute Gasteiger partial charge is 0.480 e. The van der Waals surface area contributed by atoms with Crippen LogP contribution in [0.3, 0.4) is 0 Å². The van der Waals surface area contributed by atoms with Crippen molar-refractivity contribution in [2.75, 3.05) is 13.1 Å². The second-order valence-electron chi connectivity index (χ2n) is 5.83. The Bertz CT molecular complexity index is 554. The Hall–Kier alpha value is -2.04. The number of aryl methyl sites for hydroxylation is 1. The zero-order valence-electron chi connectivity index (χ0n) is 12.0. The summed E-state index contributed by atoms with van der Waals surface area (Å²) in [6, 6.07) is 8.17. The molecule has 1 aliphatic carbocycles. The minimum atomic E-state index is -0.939. The number of urea groups is 1. The molecule has 0 spiro atoms. The first-order valence-electron chi connectivity index (χ1n) is 7.49. The Labute approximate surface area is 124 Å². The number of amides is 2. The molecule has 112 valence electrons. The van der Waals surface area contributed by atoms with Crippen molar-refractivity contribution in [3.63, 3.8) is 0 Å². The van der Waals surface area contributed by atoms with Gasteiger partial charge in [0.1, 0.15) is 6.54 Å². The van der Waals surface area contributed by atoms with Crippen molar-refractivity contribution in [2.24, 2.45) is 0 Å². The molecule has 1 aliphatic heterocycles. The first kappa shape index (κ1) is 13.9. The Morgan fingerprint density at radius 2 is 1.95 bits per heavy atom. The molecule has 3 rings (SSSR count). The molecular formula is C16H20N2O3. The number of carbonyl (C=O) groups excluding carboxylic acids is 1. The lowest BCUT2D eigenvalue weighted by atomic mass is 10.0. The molecule has 2 aliphatic rings. The number of fused-ring (bicyclic) bond motifs is 1. The highest BCUT2D eigenvalue weighted by atomic mass is 16.4. The third-order valence-electron chi connectivity index (χ3n) is 4.16. The van der Waals surface area contributed by atoms with Gasteiger partial charge in [0, 0.05) is 19.1 Å². The van der Waals surface area contributed by atoms with E-state index in [1.807, 2.05) is 12.1 Å². The maximum atomic E-state index is 12.7. The molecule has 21 heavy (non-hydrogen) atoms. The van der Waals surface area contributed by atoms with Crippen molar-refractivity contribution >= 4 is 12.0 Å². The number of carboxylic acid groups (broad SMARTS) is 1. The highest BCUT2D eigenvalue weighted by Gasteiger charge is 2.36. The number of nitrogens with zero attached hydrogens (tertiary/aromatic N) is 2. The quantitative estimate of drug-likeness (QED) is 0.926. The number of hydrogen-bond donors (Lipinski definition) is 1. The number of carbonyl (C=O) groups is 2. The molecule has 0 aromatic heterocycles. The molecule has 5 heteroatoms. The Kier molecular flexibility index (Phi) is 3.82. The van der Waals surface area contributed by atoms with E-state index in [9.17, 15) is 9.59 Å². The van der Waals surface area contributed by atoms with Crippen LogP contribution in [0.5, 0.6) is 0 Å². The number of aliphatic carboxylic acids is 1. The van der Waals surface area contributed by atoms with Crippen LogP contribution in [-0.2, 0) is 17.8 Å². The second-order valence-corrected chi connectivity index (χ2v) is 5.83. The van der Waals surface area contributed by atoms with Gasteiger partial charge in [-0.1, -0.05) is 24.3 Å². The molecule has 0 radical (unpaired) electrons. The highest BCUT2D eigenvalue weighted by molar-refractivity contribution is 5.81. The van der Waals surface area contributed by atoms with E-state index in [0.717, 1.165) is 25.7 Å². The fourth-order valence-corrected chi connectivity index (χ4v) is 2.93. The molecule has 0 unspecified atom stereocenters. The molecule has 1 heterocycles. The van der Waals surface area contributed by atoms with Crippen LogP contribution in [0.1, 0.15) is 30.4 Å². The topological polar surface area (TPSA) is 60.9 Å². The average molecular weight is 288 g/mol. The van der Waals surface area contributed by atoms with Gasteiger partial charge in [-0.3, -0.25) is 4.79 Å². The first-order valence-corrected chi connectivity index (χ1v) is 7.49. The Morgan fingerprint density at radius 3 is 2.62 bits per heavy atom. The van der Waals surface area contributed by atoms with Crippen LogP contribution in [0.15, 0.2) is 24.3 Å². The molecule has 1 fully saturated rings. The van der Waals surface area contributed by atoms with Gasteiger partial charge in [0.05, 0.1) is 0 Å². The maximum Gasteiger partial charge on any atom is 0.323 e. The van der Waals surface area contributed by atoms with E-state index in [0.29, 0.717) is 13.1 Å². The number of carboxylic acids is 1.